The maximum absolute atomic E-state index is 10.3. The van der Waals surface area contributed by atoms with Crippen molar-refractivity contribution in [3.05, 3.63) is 12.3 Å². The Bertz CT molecular complexity index is 119. The molecule has 1 unspecified atom stereocenters. The lowest BCUT2D eigenvalue weighted by atomic mass is 10.3. The third kappa shape index (κ3) is 0.618. The summed E-state index contributed by atoms with van der Waals surface area (Å²) >= 11 is 0. The minimum atomic E-state index is -0.417. The molecule has 0 aliphatic carbocycles. The van der Waals surface area contributed by atoms with Crippen LogP contribution in [-0.4, -0.2) is 11.9 Å². The Morgan fingerprint density at radius 2 is 2.57 bits per heavy atom. The van der Waals surface area contributed by atoms with Crippen LogP contribution >= 0.6 is 0 Å². The second-order valence-corrected chi connectivity index (χ2v) is 1.39. The molecule has 1 amide bonds. The molecule has 0 aromatic carbocycles. The van der Waals surface area contributed by atoms with Crippen LogP contribution < -0.4 is 11.1 Å². The Labute approximate surface area is 41.2 Å². The highest BCUT2D eigenvalue weighted by molar-refractivity contribution is 5.86. The van der Waals surface area contributed by atoms with Gasteiger partial charge in [0.1, 0.15) is 6.04 Å². The Morgan fingerprint density at radius 1 is 1.86 bits per heavy atom. The summed E-state index contributed by atoms with van der Waals surface area (Å²) in [6.07, 6.45) is 3.16. The van der Waals surface area contributed by atoms with Crippen molar-refractivity contribution in [1.29, 1.82) is 0 Å². The number of nitrogens with two attached hydrogens (primary N) is 1. The van der Waals surface area contributed by atoms with Gasteiger partial charge in [0, 0.05) is 6.20 Å². The number of amides is 1. The summed E-state index contributed by atoms with van der Waals surface area (Å²) in [7, 11) is 0. The molecule has 0 spiro atoms. The van der Waals surface area contributed by atoms with Crippen LogP contribution in [0.3, 0.4) is 0 Å². The van der Waals surface area contributed by atoms with Crippen LogP contribution in [0.5, 0.6) is 0 Å². The van der Waals surface area contributed by atoms with E-state index in [-0.39, 0.29) is 5.91 Å². The summed E-state index contributed by atoms with van der Waals surface area (Å²) in [5.74, 6) is -0.125. The van der Waals surface area contributed by atoms with Crippen LogP contribution in [0.15, 0.2) is 12.3 Å². The van der Waals surface area contributed by atoms with Gasteiger partial charge in [-0.2, -0.15) is 0 Å². The Kier molecular flexibility index (Phi) is 0.834. The Morgan fingerprint density at radius 3 is 2.71 bits per heavy atom. The summed E-state index contributed by atoms with van der Waals surface area (Å²) in [5.41, 5.74) is 5.18. The fourth-order valence-corrected chi connectivity index (χ4v) is 0.418. The van der Waals surface area contributed by atoms with Crippen molar-refractivity contribution >= 4 is 5.91 Å². The van der Waals surface area contributed by atoms with E-state index >= 15 is 0 Å². The van der Waals surface area contributed by atoms with Gasteiger partial charge in [-0.3, -0.25) is 4.79 Å². The summed E-state index contributed by atoms with van der Waals surface area (Å²) in [6, 6.07) is -0.417. The molecule has 38 valence electrons. The molecular weight excluding hydrogens is 92.1 g/mol. The minimum Gasteiger partial charge on any atom is -0.331 e. The molecule has 1 rings (SSSR count). The number of rotatable bonds is 0. The van der Waals surface area contributed by atoms with Crippen molar-refractivity contribution in [3.63, 3.8) is 0 Å². The molecule has 0 aromatic rings. The monoisotopic (exact) mass is 98.0 g/mol. The lowest BCUT2D eigenvalue weighted by Crippen LogP contribution is -2.30. The summed E-state index contributed by atoms with van der Waals surface area (Å²) in [6.45, 7) is 0. The standard InChI is InChI=1S/C4H6N2O/c5-3-1-2-6-4(3)7/h1-3H,5H2,(H,6,7). The lowest BCUT2D eigenvalue weighted by Gasteiger charge is -1.91. The van der Waals surface area contributed by atoms with E-state index in [9.17, 15) is 4.79 Å². The third-order valence-electron chi connectivity index (χ3n) is 0.832. The van der Waals surface area contributed by atoms with Gasteiger partial charge in [-0.15, -0.1) is 0 Å². The number of nitrogens with one attached hydrogen (secondary N) is 1. The van der Waals surface area contributed by atoms with Gasteiger partial charge in [0.25, 0.3) is 0 Å². The molecule has 0 saturated carbocycles. The number of carbonyl (C=O) groups excluding carboxylic acids is 1. The van der Waals surface area contributed by atoms with Gasteiger partial charge in [0.05, 0.1) is 0 Å². The van der Waals surface area contributed by atoms with E-state index in [4.69, 9.17) is 5.73 Å². The van der Waals surface area contributed by atoms with E-state index in [0.29, 0.717) is 0 Å². The van der Waals surface area contributed by atoms with Crippen molar-refractivity contribution < 1.29 is 4.79 Å². The predicted octanol–water partition coefficient (Wildman–Crippen LogP) is -1.04. The molecule has 1 aliphatic rings. The van der Waals surface area contributed by atoms with Gasteiger partial charge in [0.2, 0.25) is 5.91 Å². The summed E-state index contributed by atoms with van der Waals surface area (Å²) in [4.78, 5) is 10.3. The smallest absolute Gasteiger partial charge is 0.244 e. The van der Waals surface area contributed by atoms with Gasteiger partial charge < -0.3 is 11.1 Å². The minimum absolute atomic E-state index is 0.125. The highest BCUT2D eigenvalue weighted by Gasteiger charge is 2.11. The van der Waals surface area contributed by atoms with E-state index < -0.39 is 6.04 Å². The van der Waals surface area contributed by atoms with Crippen molar-refractivity contribution in [3.8, 4) is 0 Å². The van der Waals surface area contributed by atoms with E-state index in [2.05, 4.69) is 5.32 Å². The number of hydrogen-bond donors (Lipinski definition) is 2. The molecule has 0 aromatic heterocycles. The molecule has 0 bridgehead atoms. The van der Waals surface area contributed by atoms with Crippen LogP contribution in [0.2, 0.25) is 0 Å². The first-order valence-electron chi connectivity index (χ1n) is 2.03. The van der Waals surface area contributed by atoms with Crippen LogP contribution in [0.1, 0.15) is 0 Å². The fourth-order valence-electron chi connectivity index (χ4n) is 0.418. The highest BCUT2D eigenvalue weighted by Crippen LogP contribution is 1.87. The second kappa shape index (κ2) is 1.35. The quantitative estimate of drug-likeness (QED) is 0.406. The maximum Gasteiger partial charge on any atom is 0.244 e. The van der Waals surface area contributed by atoms with Gasteiger partial charge in [-0.25, -0.2) is 0 Å². The zero-order valence-corrected chi connectivity index (χ0v) is 3.72. The average molecular weight is 98.1 g/mol. The fraction of sp³-hybridized carbons (Fsp3) is 0.250. The first-order valence-corrected chi connectivity index (χ1v) is 2.03. The molecule has 0 saturated heterocycles. The lowest BCUT2D eigenvalue weighted by molar-refractivity contribution is -0.119. The van der Waals surface area contributed by atoms with Crippen LogP contribution in [-0.2, 0) is 4.79 Å². The van der Waals surface area contributed by atoms with Crippen LogP contribution in [0.25, 0.3) is 0 Å². The zero-order valence-electron chi connectivity index (χ0n) is 3.72. The first kappa shape index (κ1) is 4.33. The van der Waals surface area contributed by atoms with E-state index in [0.717, 1.165) is 0 Å². The van der Waals surface area contributed by atoms with Gasteiger partial charge in [-0.05, 0) is 6.08 Å². The zero-order chi connectivity index (χ0) is 5.28. The molecule has 1 atom stereocenters. The number of carbonyl (C=O) groups is 1. The molecule has 0 radical (unpaired) electrons. The molecule has 3 nitrogen and oxygen atoms in total. The van der Waals surface area contributed by atoms with Crippen LogP contribution in [0.4, 0.5) is 0 Å². The topological polar surface area (TPSA) is 55.1 Å². The Balaban J connectivity index is 2.62. The molecule has 1 heterocycles. The van der Waals surface area contributed by atoms with Crippen molar-refractivity contribution in [2.24, 2.45) is 5.73 Å². The molecule has 0 fully saturated rings. The maximum atomic E-state index is 10.3. The molecule has 3 N–H and O–H groups in total. The van der Waals surface area contributed by atoms with Gasteiger partial charge >= 0.3 is 0 Å². The van der Waals surface area contributed by atoms with Crippen LogP contribution in [0, 0.1) is 0 Å². The van der Waals surface area contributed by atoms with Gasteiger partial charge in [0.15, 0.2) is 0 Å². The summed E-state index contributed by atoms with van der Waals surface area (Å²) in [5, 5.41) is 2.42. The largest absolute Gasteiger partial charge is 0.331 e. The molecule has 1 aliphatic heterocycles. The summed E-state index contributed by atoms with van der Waals surface area (Å²) < 4.78 is 0. The molecule has 3 heteroatoms. The first-order chi connectivity index (χ1) is 3.30. The van der Waals surface area contributed by atoms with Crippen molar-refractivity contribution in [2.45, 2.75) is 6.04 Å². The highest BCUT2D eigenvalue weighted by atomic mass is 16.2. The van der Waals surface area contributed by atoms with Gasteiger partial charge in [-0.1, -0.05) is 0 Å². The average Bonchev–Trinajstić information content (AvgIpc) is 1.91. The second-order valence-electron chi connectivity index (χ2n) is 1.39. The predicted molar refractivity (Wildman–Crippen MR) is 25.3 cm³/mol. The van der Waals surface area contributed by atoms with E-state index in [1.54, 1.807) is 12.3 Å². The SMILES string of the molecule is NC1C=CNC1=O. The number of hydrogen-bond acceptors (Lipinski definition) is 2. The van der Waals surface area contributed by atoms with Crippen molar-refractivity contribution in [2.75, 3.05) is 0 Å². The Hall–Kier alpha value is -0.830. The normalized spacial score (nSPS) is 28.1. The van der Waals surface area contributed by atoms with Crippen molar-refractivity contribution in [1.82, 2.24) is 5.32 Å². The third-order valence-corrected chi connectivity index (χ3v) is 0.832. The molecule has 7 heavy (non-hydrogen) atoms. The van der Waals surface area contributed by atoms with E-state index in [1.807, 2.05) is 0 Å². The van der Waals surface area contributed by atoms with E-state index in [1.165, 1.54) is 0 Å². The molecular formula is C4H6N2O.